The van der Waals surface area contributed by atoms with Gasteiger partial charge in [-0.05, 0) is 45.5 Å². The van der Waals surface area contributed by atoms with E-state index in [4.69, 9.17) is 0 Å². The van der Waals surface area contributed by atoms with E-state index in [2.05, 4.69) is 29.4 Å². The highest BCUT2D eigenvalue weighted by atomic mass is 16.2. The molecule has 2 rings (SSSR count). The fourth-order valence-corrected chi connectivity index (χ4v) is 2.87. The largest absolute Gasteiger partial charge is 0.338 e. The maximum atomic E-state index is 12.5. The Balaban J connectivity index is 1.87. The van der Waals surface area contributed by atoms with Crippen LogP contribution in [0.25, 0.3) is 0 Å². The first-order chi connectivity index (χ1) is 10.2. The van der Waals surface area contributed by atoms with Crippen LogP contribution in [0.1, 0.15) is 25.3 Å². The number of hydrogen-bond acceptors (Lipinski definition) is 3. The van der Waals surface area contributed by atoms with Crippen molar-refractivity contribution in [3.05, 3.63) is 35.9 Å². The molecule has 0 saturated carbocycles. The summed E-state index contributed by atoms with van der Waals surface area (Å²) < 4.78 is 0. The average Bonchev–Trinajstić information content (AvgIpc) is 2.54. The highest BCUT2D eigenvalue weighted by molar-refractivity contribution is 5.78. The lowest BCUT2D eigenvalue weighted by molar-refractivity contribution is -0.133. The molecule has 21 heavy (non-hydrogen) atoms. The van der Waals surface area contributed by atoms with E-state index in [1.165, 1.54) is 5.56 Å². The van der Waals surface area contributed by atoms with E-state index in [0.29, 0.717) is 19.1 Å². The molecule has 1 aliphatic rings. The molecule has 0 aliphatic carbocycles. The minimum Gasteiger partial charge on any atom is -0.338 e. The predicted molar refractivity (Wildman–Crippen MR) is 86.1 cm³/mol. The van der Waals surface area contributed by atoms with Crippen molar-refractivity contribution in [1.29, 1.82) is 0 Å². The van der Waals surface area contributed by atoms with Crippen LogP contribution in [0, 0.1) is 0 Å². The molecule has 0 bridgehead atoms. The molecule has 1 N–H and O–H groups in total. The molecule has 0 unspecified atom stereocenters. The predicted octanol–water partition coefficient (Wildman–Crippen LogP) is 1.72. The van der Waals surface area contributed by atoms with E-state index in [-0.39, 0.29) is 5.91 Å². The normalized spacial score (nSPS) is 16.1. The lowest BCUT2D eigenvalue weighted by Crippen LogP contribution is -2.46. The Labute approximate surface area is 128 Å². The molecule has 1 heterocycles. The molecule has 0 atom stereocenters. The minimum atomic E-state index is 0.224. The number of likely N-dealkylation sites (N-methyl/N-ethyl adjacent to an activating group) is 2. The third-order valence-electron chi connectivity index (χ3n) is 4.27. The van der Waals surface area contributed by atoms with Crippen LogP contribution in [0.4, 0.5) is 0 Å². The number of piperidine rings is 1. The fourth-order valence-electron chi connectivity index (χ4n) is 2.87. The number of rotatable bonds is 6. The number of benzene rings is 1. The van der Waals surface area contributed by atoms with E-state index >= 15 is 0 Å². The molecular weight excluding hydrogens is 262 g/mol. The van der Waals surface area contributed by atoms with Gasteiger partial charge < -0.3 is 10.2 Å². The zero-order chi connectivity index (χ0) is 15.1. The van der Waals surface area contributed by atoms with Gasteiger partial charge in [0.2, 0.25) is 5.91 Å². The first kappa shape index (κ1) is 16.0. The zero-order valence-corrected chi connectivity index (χ0v) is 13.2. The molecule has 4 heteroatoms. The molecule has 0 radical (unpaired) electrons. The third kappa shape index (κ3) is 4.83. The van der Waals surface area contributed by atoms with Gasteiger partial charge in [0, 0.05) is 19.1 Å². The van der Waals surface area contributed by atoms with Crippen LogP contribution < -0.4 is 5.32 Å². The lowest BCUT2D eigenvalue weighted by atomic mass is 10.1. The average molecular weight is 289 g/mol. The summed E-state index contributed by atoms with van der Waals surface area (Å²) in [6.45, 7) is 6.15. The fraction of sp³-hybridized carbons (Fsp3) is 0.588. The molecule has 0 aromatic heterocycles. The van der Waals surface area contributed by atoms with Gasteiger partial charge in [-0.3, -0.25) is 9.69 Å². The second-order valence-corrected chi connectivity index (χ2v) is 5.79. The first-order valence-corrected chi connectivity index (χ1v) is 7.93. The molecule has 116 valence electrons. The summed E-state index contributed by atoms with van der Waals surface area (Å²) in [5, 5.41) is 3.37. The van der Waals surface area contributed by atoms with Crippen molar-refractivity contribution in [2.75, 3.05) is 33.2 Å². The summed E-state index contributed by atoms with van der Waals surface area (Å²) >= 11 is 0. The van der Waals surface area contributed by atoms with Gasteiger partial charge in [-0.1, -0.05) is 30.3 Å². The highest BCUT2D eigenvalue weighted by Crippen LogP contribution is 2.11. The summed E-state index contributed by atoms with van der Waals surface area (Å²) in [4.78, 5) is 16.7. The summed E-state index contributed by atoms with van der Waals surface area (Å²) in [6, 6.07) is 10.7. The van der Waals surface area contributed by atoms with Crippen molar-refractivity contribution in [2.45, 2.75) is 32.4 Å². The molecule has 4 nitrogen and oxygen atoms in total. The van der Waals surface area contributed by atoms with Crippen LogP contribution in [-0.4, -0.2) is 55.0 Å². The van der Waals surface area contributed by atoms with Crippen molar-refractivity contribution in [3.63, 3.8) is 0 Å². The topological polar surface area (TPSA) is 35.6 Å². The van der Waals surface area contributed by atoms with E-state index in [1.807, 2.05) is 30.0 Å². The maximum absolute atomic E-state index is 12.5. The van der Waals surface area contributed by atoms with Crippen LogP contribution in [0.5, 0.6) is 0 Å². The Kier molecular flexibility index (Phi) is 6.21. The van der Waals surface area contributed by atoms with E-state index in [1.54, 1.807) is 0 Å². The summed E-state index contributed by atoms with van der Waals surface area (Å²) in [7, 11) is 2.07. The Morgan fingerprint density at radius 2 is 1.90 bits per heavy atom. The summed E-state index contributed by atoms with van der Waals surface area (Å²) in [6.07, 6.45) is 2.27. The van der Waals surface area contributed by atoms with E-state index in [0.717, 1.165) is 32.5 Å². The van der Waals surface area contributed by atoms with Gasteiger partial charge in [0.05, 0.1) is 6.54 Å². The Hall–Kier alpha value is -1.39. The van der Waals surface area contributed by atoms with Gasteiger partial charge >= 0.3 is 0 Å². The van der Waals surface area contributed by atoms with Crippen molar-refractivity contribution in [2.24, 2.45) is 0 Å². The number of amides is 1. The first-order valence-electron chi connectivity index (χ1n) is 7.93. The van der Waals surface area contributed by atoms with Crippen LogP contribution in [-0.2, 0) is 11.3 Å². The van der Waals surface area contributed by atoms with Gasteiger partial charge in [0.25, 0.3) is 0 Å². The van der Waals surface area contributed by atoms with Crippen LogP contribution >= 0.6 is 0 Å². The summed E-state index contributed by atoms with van der Waals surface area (Å²) in [5.41, 5.74) is 1.19. The van der Waals surface area contributed by atoms with Crippen LogP contribution in [0.15, 0.2) is 30.3 Å². The van der Waals surface area contributed by atoms with Crippen LogP contribution in [0.2, 0.25) is 0 Å². The Morgan fingerprint density at radius 1 is 1.24 bits per heavy atom. The molecule has 1 aromatic carbocycles. The second-order valence-electron chi connectivity index (χ2n) is 5.79. The molecule has 1 amide bonds. The molecule has 1 saturated heterocycles. The Bertz CT molecular complexity index is 429. The van der Waals surface area contributed by atoms with Crippen molar-refractivity contribution in [3.8, 4) is 0 Å². The minimum absolute atomic E-state index is 0.224. The van der Waals surface area contributed by atoms with Crippen LogP contribution in [0.3, 0.4) is 0 Å². The molecular formula is C17H27N3O. The van der Waals surface area contributed by atoms with Crippen molar-refractivity contribution < 1.29 is 4.79 Å². The second kappa shape index (κ2) is 8.15. The molecule has 1 aliphatic heterocycles. The zero-order valence-electron chi connectivity index (χ0n) is 13.2. The quantitative estimate of drug-likeness (QED) is 0.866. The van der Waals surface area contributed by atoms with Gasteiger partial charge in [0.1, 0.15) is 0 Å². The third-order valence-corrected chi connectivity index (χ3v) is 4.27. The lowest BCUT2D eigenvalue weighted by Gasteiger charge is -2.32. The monoisotopic (exact) mass is 289 g/mol. The number of nitrogens with one attached hydrogen (secondary N) is 1. The number of hydrogen-bond donors (Lipinski definition) is 1. The van der Waals surface area contributed by atoms with E-state index in [9.17, 15) is 4.79 Å². The maximum Gasteiger partial charge on any atom is 0.237 e. The number of carbonyl (C=O) groups is 1. The van der Waals surface area contributed by atoms with Crippen molar-refractivity contribution >= 4 is 5.91 Å². The van der Waals surface area contributed by atoms with Gasteiger partial charge in [-0.15, -0.1) is 0 Å². The Morgan fingerprint density at radius 3 is 2.52 bits per heavy atom. The smallest absolute Gasteiger partial charge is 0.237 e. The molecule has 0 spiro atoms. The van der Waals surface area contributed by atoms with Gasteiger partial charge in [-0.25, -0.2) is 0 Å². The SMILES string of the molecule is CCN(Cc1ccccc1)C(=O)CN(C)C1CCNCC1. The number of carbonyl (C=O) groups excluding carboxylic acids is 1. The molecule has 1 aromatic rings. The highest BCUT2D eigenvalue weighted by Gasteiger charge is 2.21. The summed E-state index contributed by atoms with van der Waals surface area (Å²) in [5.74, 6) is 0.224. The van der Waals surface area contributed by atoms with Gasteiger partial charge in [0.15, 0.2) is 0 Å². The van der Waals surface area contributed by atoms with Gasteiger partial charge in [-0.2, -0.15) is 0 Å². The molecule has 1 fully saturated rings. The standard InChI is InChI=1S/C17H27N3O/c1-3-20(13-15-7-5-4-6-8-15)17(21)14-19(2)16-9-11-18-12-10-16/h4-8,16,18H,3,9-14H2,1-2H3. The van der Waals surface area contributed by atoms with E-state index < -0.39 is 0 Å². The number of nitrogens with zero attached hydrogens (tertiary/aromatic N) is 2. The van der Waals surface area contributed by atoms with Crippen molar-refractivity contribution in [1.82, 2.24) is 15.1 Å².